The van der Waals surface area contributed by atoms with Gasteiger partial charge in [-0.15, -0.1) is 0 Å². The summed E-state index contributed by atoms with van der Waals surface area (Å²) in [5.74, 6) is 0.261. The third kappa shape index (κ3) is 4.24. The summed E-state index contributed by atoms with van der Waals surface area (Å²) in [4.78, 5) is 8.35. The number of anilines is 2. The van der Waals surface area contributed by atoms with Gasteiger partial charge in [0.05, 0.1) is 13.1 Å². The van der Waals surface area contributed by atoms with Crippen molar-refractivity contribution >= 4 is 23.8 Å². The number of nitrogen functional groups attached to an aromatic ring is 2. The van der Waals surface area contributed by atoms with Gasteiger partial charge >= 0.3 is 0 Å². The first-order valence-electron chi connectivity index (χ1n) is 6.73. The van der Waals surface area contributed by atoms with Gasteiger partial charge in [0.25, 0.3) is 0 Å². The zero-order valence-electron chi connectivity index (χ0n) is 12.0. The van der Waals surface area contributed by atoms with Crippen LogP contribution in [-0.4, -0.2) is 35.7 Å². The molecule has 0 bridgehead atoms. The SMILES string of the molecule is Nc1ccc(O)c(/C=N/CC/N=C/c2cc(N)ccc2O)c1. The largest absolute Gasteiger partial charge is 0.507 e. The molecule has 2 aromatic carbocycles. The second-order valence-electron chi connectivity index (χ2n) is 4.71. The fourth-order valence-electron chi connectivity index (χ4n) is 1.79. The molecule has 0 atom stereocenters. The van der Waals surface area contributed by atoms with E-state index in [1.807, 2.05) is 0 Å². The lowest BCUT2D eigenvalue weighted by Gasteiger charge is -2.00. The topological polar surface area (TPSA) is 117 Å². The average Bonchev–Trinajstić information content (AvgIpc) is 2.49. The Kier molecular flexibility index (Phi) is 4.98. The lowest BCUT2D eigenvalue weighted by atomic mass is 10.2. The fraction of sp³-hybridized carbons (Fsp3) is 0.125. The Morgan fingerprint density at radius 2 is 1.18 bits per heavy atom. The molecule has 0 unspecified atom stereocenters. The highest BCUT2D eigenvalue weighted by Crippen LogP contribution is 2.18. The first-order valence-corrected chi connectivity index (χ1v) is 6.73. The summed E-state index contributed by atoms with van der Waals surface area (Å²) >= 11 is 0. The van der Waals surface area contributed by atoms with Crippen LogP contribution in [0, 0.1) is 0 Å². The molecule has 0 heterocycles. The van der Waals surface area contributed by atoms with Crippen LogP contribution in [0.15, 0.2) is 46.4 Å². The van der Waals surface area contributed by atoms with Gasteiger partial charge < -0.3 is 21.7 Å². The first kappa shape index (κ1) is 15.4. The summed E-state index contributed by atoms with van der Waals surface area (Å²) < 4.78 is 0. The van der Waals surface area contributed by atoms with E-state index in [4.69, 9.17) is 11.5 Å². The number of aromatic hydroxyl groups is 2. The number of phenols is 2. The highest BCUT2D eigenvalue weighted by molar-refractivity contribution is 5.85. The summed E-state index contributed by atoms with van der Waals surface area (Å²) in [6, 6.07) is 9.58. The van der Waals surface area contributed by atoms with Crippen molar-refractivity contribution in [3.8, 4) is 11.5 Å². The normalized spacial score (nSPS) is 11.5. The van der Waals surface area contributed by atoms with E-state index in [1.165, 1.54) is 12.1 Å². The Bertz CT molecular complexity index is 650. The summed E-state index contributed by atoms with van der Waals surface area (Å²) in [6.07, 6.45) is 3.11. The van der Waals surface area contributed by atoms with Crippen LogP contribution in [0.4, 0.5) is 11.4 Å². The summed E-state index contributed by atoms with van der Waals surface area (Å²) in [5.41, 5.74) is 13.5. The van der Waals surface area contributed by atoms with E-state index in [0.717, 1.165) is 0 Å². The fourth-order valence-corrected chi connectivity index (χ4v) is 1.79. The van der Waals surface area contributed by atoms with Gasteiger partial charge in [0.15, 0.2) is 0 Å². The van der Waals surface area contributed by atoms with E-state index in [9.17, 15) is 10.2 Å². The Hall–Kier alpha value is -3.02. The molecule has 2 aromatic rings. The van der Waals surface area contributed by atoms with Crippen molar-refractivity contribution in [2.75, 3.05) is 24.6 Å². The zero-order chi connectivity index (χ0) is 15.9. The molecule has 0 aliphatic rings. The quantitative estimate of drug-likeness (QED) is 0.291. The van der Waals surface area contributed by atoms with Gasteiger partial charge in [-0.1, -0.05) is 0 Å². The van der Waals surface area contributed by atoms with E-state index >= 15 is 0 Å². The molecule has 6 heteroatoms. The Morgan fingerprint density at radius 1 is 0.773 bits per heavy atom. The van der Waals surface area contributed by atoms with Crippen molar-refractivity contribution in [3.05, 3.63) is 47.5 Å². The number of phenolic OH excluding ortho intramolecular Hbond substituents is 2. The summed E-state index contributed by atoms with van der Waals surface area (Å²) in [6.45, 7) is 0.904. The number of hydrogen-bond acceptors (Lipinski definition) is 6. The van der Waals surface area contributed by atoms with Crippen LogP contribution >= 0.6 is 0 Å². The van der Waals surface area contributed by atoms with Crippen LogP contribution in [0.1, 0.15) is 11.1 Å². The molecule has 6 N–H and O–H groups in total. The molecule has 0 saturated carbocycles. The van der Waals surface area contributed by atoms with Crippen LogP contribution in [-0.2, 0) is 0 Å². The Morgan fingerprint density at radius 3 is 1.59 bits per heavy atom. The molecule has 0 spiro atoms. The molecule has 6 nitrogen and oxygen atoms in total. The van der Waals surface area contributed by atoms with Crippen molar-refractivity contribution in [3.63, 3.8) is 0 Å². The molecule has 0 aromatic heterocycles. The van der Waals surface area contributed by atoms with Crippen LogP contribution in [0.25, 0.3) is 0 Å². The van der Waals surface area contributed by atoms with Gasteiger partial charge in [0, 0.05) is 34.9 Å². The van der Waals surface area contributed by atoms with E-state index in [2.05, 4.69) is 9.98 Å². The monoisotopic (exact) mass is 298 g/mol. The van der Waals surface area contributed by atoms with Crippen LogP contribution in [0.2, 0.25) is 0 Å². The number of rotatable bonds is 5. The highest BCUT2D eigenvalue weighted by Gasteiger charge is 1.98. The second kappa shape index (κ2) is 7.12. The van der Waals surface area contributed by atoms with E-state index in [0.29, 0.717) is 35.6 Å². The van der Waals surface area contributed by atoms with Crippen molar-refractivity contribution in [1.29, 1.82) is 0 Å². The van der Waals surface area contributed by atoms with Gasteiger partial charge in [-0.3, -0.25) is 9.98 Å². The summed E-state index contributed by atoms with van der Waals surface area (Å²) in [5, 5.41) is 19.3. The van der Waals surface area contributed by atoms with Crippen molar-refractivity contribution < 1.29 is 10.2 Å². The molecule has 0 fully saturated rings. The maximum Gasteiger partial charge on any atom is 0.124 e. The van der Waals surface area contributed by atoms with Crippen molar-refractivity contribution in [1.82, 2.24) is 0 Å². The van der Waals surface area contributed by atoms with Crippen molar-refractivity contribution in [2.45, 2.75) is 0 Å². The number of nitrogens with two attached hydrogens (primary N) is 2. The van der Waals surface area contributed by atoms with Crippen LogP contribution in [0.3, 0.4) is 0 Å². The van der Waals surface area contributed by atoms with Gasteiger partial charge in [0.1, 0.15) is 11.5 Å². The molecular weight excluding hydrogens is 280 g/mol. The molecular formula is C16H18N4O2. The number of nitrogens with zero attached hydrogens (tertiary/aromatic N) is 2. The standard InChI is InChI=1S/C16H18N4O2/c17-13-1-3-15(21)11(7-13)9-19-5-6-20-10-12-8-14(18)2-4-16(12)22/h1-4,7-10,21-22H,5-6,17-18H2/b19-9+,20-10+. The van der Waals surface area contributed by atoms with Crippen LogP contribution in [0.5, 0.6) is 11.5 Å². The minimum atomic E-state index is 0.131. The van der Waals surface area contributed by atoms with Gasteiger partial charge in [-0.2, -0.15) is 0 Å². The van der Waals surface area contributed by atoms with Crippen LogP contribution < -0.4 is 11.5 Å². The molecule has 0 amide bonds. The van der Waals surface area contributed by atoms with Gasteiger partial charge in [-0.05, 0) is 36.4 Å². The Balaban J connectivity index is 1.89. The van der Waals surface area contributed by atoms with E-state index in [1.54, 1.807) is 36.7 Å². The first-order chi connectivity index (χ1) is 10.6. The zero-order valence-corrected chi connectivity index (χ0v) is 12.0. The highest BCUT2D eigenvalue weighted by atomic mass is 16.3. The summed E-state index contributed by atoms with van der Waals surface area (Å²) in [7, 11) is 0. The lowest BCUT2D eigenvalue weighted by Crippen LogP contribution is -1.93. The third-order valence-corrected chi connectivity index (χ3v) is 2.92. The minimum Gasteiger partial charge on any atom is -0.507 e. The maximum absolute atomic E-state index is 9.63. The molecule has 22 heavy (non-hydrogen) atoms. The van der Waals surface area contributed by atoms with Crippen molar-refractivity contribution in [2.24, 2.45) is 9.98 Å². The molecule has 0 aliphatic carbocycles. The van der Waals surface area contributed by atoms with E-state index < -0.39 is 0 Å². The molecule has 0 aliphatic heterocycles. The maximum atomic E-state index is 9.63. The predicted octanol–water partition coefficient (Wildman–Crippen LogP) is 1.80. The Labute approximate surface area is 128 Å². The molecule has 0 radical (unpaired) electrons. The number of aliphatic imine (C=N–C) groups is 2. The molecule has 114 valence electrons. The lowest BCUT2D eigenvalue weighted by molar-refractivity contribution is 0.474. The number of benzene rings is 2. The minimum absolute atomic E-state index is 0.131. The van der Waals surface area contributed by atoms with Gasteiger partial charge in [0.2, 0.25) is 0 Å². The number of hydrogen-bond donors (Lipinski definition) is 4. The second-order valence-corrected chi connectivity index (χ2v) is 4.71. The average molecular weight is 298 g/mol. The molecule has 0 saturated heterocycles. The van der Waals surface area contributed by atoms with E-state index in [-0.39, 0.29) is 11.5 Å². The smallest absolute Gasteiger partial charge is 0.124 e. The van der Waals surface area contributed by atoms with Gasteiger partial charge in [-0.25, -0.2) is 0 Å². The predicted molar refractivity (Wildman–Crippen MR) is 90.0 cm³/mol. The third-order valence-electron chi connectivity index (χ3n) is 2.92. The molecule has 2 rings (SSSR count).